The lowest BCUT2D eigenvalue weighted by Crippen LogP contribution is -1.92. The highest BCUT2D eigenvalue weighted by atomic mass is 16.1. The molecular weight excluding hydrogens is 142 g/mol. The number of hydrogen-bond acceptors (Lipinski definition) is 3. The van der Waals surface area contributed by atoms with E-state index in [2.05, 4.69) is 9.98 Å². The Kier molecular flexibility index (Phi) is 1.87. The molecule has 1 rings (SSSR count). The molecule has 0 atom stereocenters. The van der Waals surface area contributed by atoms with Crippen LogP contribution in [0.3, 0.4) is 0 Å². The quantitative estimate of drug-likeness (QED) is 0.444. The van der Waals surface area contributed by atoms with Gasteiger partial charge in [0.05, 0.1) is 5.69 Å². The maximum absolute atomic E-state index is 9.91. The molecule has 0 radical (unpaired) electrons. The van der Waals surface area contributed by atoms with Crippen molar-refractivity contribution in [2.75, 3.05) is 0 Å². The Hall–Kier alpha value is -1.41. The van der Waals surface area contributed by atoms with Crippen molar-refractivity contribution in [1.82, 2.24) is 9.55 Å². The molecule has 11 heavy (non-hydrogen) atoms. The van der Waals surface area contributed by atoms with Crippen molar-refractivity contribution in [3.8, 4) is 0 Å². The van der Waals surface area contributed by atoms with Gasteiger partial charge in [-0.05, 0) is 13.8 Å². The molecule has 0 fully saturated rings. The van der Waals surface area contributed by atoms with Gasteiger partial charge in [-0.25, -0.2) is 9.78 Å². The second-order valence-corrected chi connectivity index (χ2v) is 2.33. The second-order valence-electron chi connectivity index (χ2n) is 2.33. The summed E-state index contributed by atoms with van der Waals surface area (Å²) >= 11 is 0. The van der Waals surface area contributed by atoms with Crippen LogP contribution in [0.15, 0.2) is 4.99 Å². The highest BCUT2D eigenvalue weighted by molar-refractivity contribution is 5.47. The summed E-state index contributed by atoms with van der Waals surface area (Å²) in [7, 11) is 1.88. The first-order valence-corrected chi connectivity index (χ1v) is 3.24. The van der Waals surface area contributed by atoms with Crippen LogP contribution in [0.25, 0.3) is 0 Å². The SMILES string of the molecule is Cc1nc(N=C=O)c(C)n1C. The third kappa shape index (κ3) is 1.21. The molecule has 0 aliphatic heterocycles. The van der Waals surface area contributed by atoms with Gasteiger partial charge in [0, 0.05) is 7.05 Å². The number of imidazole rings is 1. The molecule has 0 unspecified atom stereocenters. The molecule has 1 aromatic heterocycles. The average molecular weight is 151 g/mol. The van der Waals surface area contributed by atoms with Gasteiger partial charge in [-0.15, -0.1) is 4.99 Å². The summed E-state index contributed by atoms with van der Waals surface area (Å²) in [5, 5.41) is 0. The highest BCUT2D eigenvalue weighted by Crippen LogP contribution is 2.15. The van der Waals surface area contributed by atoms with Gasteiger partial charge in [-0.3, -0.25) is 0 Å². The highest BCUT2D eigenvalue weighted by Gasteiger charge is 2.05. The monoisotopic (exact) mass is 151 g/mol. The zero-order chi connectivity index (χ0) is 8.43. The standard InChI is InChI=1S/C7H9N3O/c1-5-7(8-4-11)9-6(2)10(5)3/h1-3H3. The third-order valence-electron chi connectivity index (χ3n) is 1.73. The first-order chi connectivity index (χ1) is 5.16. The molecule has 0 saturated heterocycles. The van der Waals surface area contributed by atoms with E-state index in [0.29, 0.717) is 5.82 Å². The van der Waals surface area contributed by atoms with Gasteiger partial charge in [0.25, 0.3) is 0 Å². The zero-order valence-electron chi connectivity index (χ0n) is 6.75. The molecule has 1 aromatic rings. The predicted molar refractivity (Wildman–Crippen MR) is 40.5 cm³/mol. The van der Waals surface area contributed by atoms with Crippen LogP contribution in [0.1, 0.15) is 11.5 Å². The number of rotatable bonds is 1. The van der Waals surface area contributed by atoms with Crippen LogP contribution in [-0.4, -0.2) is 15.6 Å². The molecule has 0 bridgehead atoms. The Morgan fingerprint density at radius 2 is 2.18 bits per heavy atom. The lowest BCUT2D eigenvalue weighted by Gasteiger charge is -1.94. The molecule has 0 amide bonds. The molecule has 0 aliphatic carbocycles. The Morgan fingerprint density at radius 3 is 2.55 bits per heavy atom. The average Bonchev–Trinajstić information content (AvgIpc) is 2.19. The number of nitrogens with zero attached hydrogens (tertiary/aromatic N) is 3. The summed E-state index contributed by atoms with van der Waals surface area (Å²) in [5.74, 6) is 1.30. The third-order valence-corrected chi connectivity index (χ3v) is 1.73. The number of isocyanates is 1. The van der Waals surface area contributed by atoms with Crippen LogP contribution in [-0.2, 0) is 11.8 Å². The smallest absolute Gasteiger partial charge is 0.242 e. The van der Waals surface area contributed by atoms with Gasteiger partial charge in [0.15, 0.2) is 5.82 Å². The first-order valence-electron chi connectivity index (χ1n) is 3.24. The molecule has 0 saturated carbocycles. The zero-order valence-corrected chi connectivity index (χ0v) is 6.75. The summed E-state index contributed by atoms with van der Waals surface area (Å²) in [6.45, 7) is 3.72. The van der Waals surface area contributed by atoms with Crippen LogP contribution in [0, 0.1) is 13.8 Å². The van der Waals surface area contributed by atoms with Crippen molar-refractivity contribution in [1.29, 1.82) is 0 Å². The summed E-state index contributed by atoms with van der Waals surface area (Å²) in [4.78, 5) is 17.4. The van der Waals surface area contributed by atoms with Crippen molar-refractivity contribution < 1.29 is 4.79 Å². The summed E-state index contributed by atoms with van der Waals surface area (Å²) < 4.78 is 1.87. The minimum atomic E-state index is 0.458. The fourth-order valence-corrected chi connectivity index (χ4v) is 0.851. The van der Waals surface area contributed by atoms with E-state index in [1.54, 1.807) is 0 Å². The largest absolute Gasteiger partial charge is 0.334 e. The van der Waals surface area contributed by atoms with Crippen molar-refractivity contribution in [3.05, 3.63) is 11.5 Å². The minimum Gasteiger partial charge on any atom is -0.334 e. The van der Waals surface area contributed by atoms with Crippen LogP contribution in [0.4, 0.5) is 5.82 Å². The summed E-state index contributed by atoms with van der Waals surface area (Å²) in [6.07, 6.45) is 1.46. The topological polar surface area (TPSA) is 47.2 Å². The second kappa shape index (κ2) is 2.68. The summed E-state index contributed by atoms with van der Waals surface area (Å²) in [6, 6.07) is 0. The molecule has 4 nitrogen and oxygen atoms in total. The Bertz CT molecular complexity index is 321. The maximum atomic E-state index is 9.91. The number of hydrogen-bond donors (Lipinski definition) is 0. The van der Waals surface area contributed by atoms with Crippen molar-refractivity contribution >= 4 is 11.9 Å². The van der Waals surface area contributed by atoms with Crippen LogP contribution >= 0.6 is 0 Å². The van der Waals surface area contributed by atoms with E-state index < -0.39 is 0 Å². The van der Waals surface area contributed by atoms with Gasteiger partial charge in [0.2, 0.25) is 6.08 Å². The molecular formula is C7H9N3O. The van der Waals surface area contributed by atoms with E-state index in [9.17, 15) is 4.79 Å². The number of aliphatic imine (C=N–C) groups is 1. The molecule has 4 heteroatoms. The molecule has 1 heterocycles. The van der Waals surface area contributed by atoms with E-state index in [-0.39, 0.29) is 0 Å². The molecule has 58 valence electrons. The lowest BCUT2D eigenvalue weighted by molar-refractivity contribution is 0.565. The van der Waals surface area contributed by atoms with E-state index in [0.717, 1.165) is 11.5 Å². The van der Waals surface area contributed by atoms with Gasteiger partial charge >= 0.3 is 0 Å². The number of aryl methyl sites for hydroxylation is 1. The van der Waals surface area contributed by atoms with E-state index in [1.165, 1.54) is 6.08 Å². The van der Waals surface area contributed by atoms with Gasteiger partial charge in [0.1, 0.15) is 5.82 Å². The fourth-order valence-electron chi connectivity index (χ4n) is 0.851. The first kappa shape index (κ1) is 7.69. The van der Waals surface area contributed by atoms with Crippen molar-refractivity contribution in [2.45, 2.75) is 13.8 Å². The summed E-state index contributed by atoms with van der Waals surface area (Å²) in [5.41, 5.74) is 0.880. The van der Waals surface area contributed by atoms with Crippen LogP contribution in [0.5, 0.6) is 0 Å². The molecule has 0 N–H and O–H groups in total. The van der Waals surface area contributed by atoms with Crippen LogP contribution < -0.4 is 0 Å². The Balaban J connectivity index is 3.29. The van der Waals surface area contributed by atoms with E-state index in [4.69, 9.17) is 0 Å². The molecule has 0 spiro atoms. The normalized spacial score (nSPS) is 9.36. The maximum Gasteiger partial charge on any atom is 0.242 e. The fraction of sp³-hybridized carbons (Fsp3) is 0.429. The van der Waals surface area contributed by atoms with Gasteiger partial charge in [-0.1, -0.05) is 0 Å². The Morgan fingerprint density at radius 1 is 1.55 bits per heavy atom. The van der Waals surface area contributed by atoms with Crippen molar-refractivity contribution in [2.24, 2.45) is 12.0 Å². The molecule has 0 aromatic carbocycles. The minimum absolute atomic E-state index is 0.458. The van der Waals surface area contributed by atoms with Crippen molar-refractivity contribution in [3.63, 3.8) is 0 Å². The van der Waals surface area contributed by atoms with Gasteiger partial charge < -0.3 is 4.57 Å². The van der Waals surface area contributed by atoms with E-state index in [1.807, 2.05) is 25.5 Å². The van der Waals surface area contributed by atoms with Gasteiger partial charge in [-0.2, -0.15) is 0 Å². The number of carbonyl (C=O) groups excluding carboxylic acids is 1. The predicted octanol–water partition coefficient (Wildman–Crippen LogP) is 1.00. The van der Waals surface area contributed by atoms with Crippen LogP contribution in [0.2, 0.25) is 0 Å². The Labute approximate surface area is 64.6 Å². The number of aromatic nitrogens is 2. The molecule has 0 aliphatic rings. The lowest BCUT2D eigenvalue weighted by atomic mass is 10.5. The van der Waals surface area contributed by atoms with E-state index >= 15 is 0 Å².